The van der Waals surface area contributed by atoms with Crippen molar-refractivity contribution in [2.45, 2.75) is 32.7 Å². The largest absolute Gasteiger partial charge is 0.493 e. The number of methoxy groups -OCH3 is 2. The molecule has 0 amide bonds. The van der Waals surface area contributed by atoms with Crippen molar-refractivity contribution in [2.24, 2.45) is 5.92 Å². The topological polar surface area (TPSA) is 50.7 Å². The van der Waals surface area contributed by atoms with E-state index in [1.807, 2.05) is 12.1 Å². The number of nitrogens with one attached hydrogen (secondary N) is 1. The Morgan fingerprint density at radius 1 is 1.24 bits per heavy atom. The second-order valence-electron chi connectivity index (χ2n) is 5.07. The zero-order valence-electron chi connectivity index (χ0n) is 13.1. The number of halogens is 1. The van der Waals surface area contributed by atoms with Gasteiger partial charge in [0.15, 0.2) is 11.5 Å². The van der Waals surface area contributed by atoms with E-state index < -0.39 is 0 Å². The number of aliphatic hydroxyl groups is 1. The second kappa shape index (κ2) is 9.87. The molecule has 0 heterocycles. The highest BCUT2D eigenvalue weighted by molar-refractivity contribution is 6.33. The number of rotatable bonds is 10. The average Bonchev–Trinajstić information content (AvgIpc) is 2.49. The monoisotopic (exact) mass is 315 g/mol. The summed E-state index contributed by atoms with van der Waals surface area (Å²) in [5.74, 6) is 1.70. The van der Waals surface area contributed by atoms with Crippen molar-refractivity contribution in [1.82, 2.24) is 5.32 Å². The van der Waals surface area contributed by atoms with Crippen molar-refractivity contribution in [3.05, 3.63) is 22.7 Å². The number of hydrogen-bond acceptors (Lipinski definition) is 4. The fourth-order valence-corrected chi connectivity index (χ4v) is 2.72. The van der Waals surface area contributed by atoms with Crippen LogP contribution >= 0.6 is 11.6 Å². The third-order valence-corrected chi connectivity index (χ3v) is 3.96. The van der Waals surface area contributed by atoms with Crippen LogP contribution in [-0.2, 0) is 6.54 Å². The summed E-state index contributed by atoms with van der Waals surface area (Å²) >= 11 is 6.35. The van der Waals surface area contributed by atoms with Gasteiger partial charge in [0, 0.05) is 13.2 Å². The molecule has 0 aliphatic carbocycles. The maximum atomic E-state index is 9.07. The first-order valence-electron chi connectivity index (χ1n) is 7.38. The molecular weight excluding hydrogens is 290 g/mol. The minimum Gasteiger partial charge on any atom is -0.493 e. The second-order valence-corrected chi connectivity index (χ2v) is 5.45. The molecule has 120 valence electrons. The van der Waals surface area contributed by atoms with Gasteiger partial charge in [-0.25, -0.2) is 0 Å². The van der Waals surface area contributed by atoms with Gasteiger partial charge in [-0.15, -0.1) is 0 Å². The molecule has 0 bridgehead atoms. The highest BCUT2D eigenvalue weighted by Gasteiger charge is 2.13. The van der Waals surface area contributed by atoms with Crippen molar-refractivity contribution in [3.8, 4) is 11.5 Å². The molecule has 0 spiro atoms. The van der Waals surface area contributed by atoms with Crippen LogP contribution in [-0.4, -0.2) is 32.5 Å². The molecule has 21 heavy (non-hydrogen) atoms. The lowest BCUT2D eigenvalue weighted by molar-refractivity contribution is 0.248. The Bertz CT molecular complexity index is 420. The minimum absolute atomic E-state index is 0.240. The van der Waals surface area contributed by atoms with Crippen LogP contribution in [0.1, 0.15) is 31.7 Å². The van der Waals surface area contributed by atoms with Gasteiger partial charge in [-0.3, -0.25) is 0 Å². The van der Waals surface area contributed by atoms with Crippen molar-refractivity contribution in [3.63, 3.8) is 0 Å². The van der Waals surface area contributed by atoms with Crippen molar-refractivity contribution < 1.29 is 14.6 Å². The van der Waals surface area contributed by atoms with Crippen LogP contribution in [0.4, 0.5) is 0 Å². The molecule has 5 heteroatoms. The van der Waals surface area contributed by atoms with Gasteiger partial charge in [0.25, 0.3) is 0 Å². The summed E-state index contributed by atoms with van der Waals surface area (Å²) in [6, 6.07) is 3.80. The maximum Gasteiger partial charge on any atom is 0.179 e. The van der Waals surface area contributed by atoms with E-state index in [1.54, 1.807) is 14.2 Å². The third-order valence-electron chi connectivity index (χ3n) is 3.55. The molecule has 2 N–H and O–H groups in total. The van der Waals surface area contributed by atoms with E-state index in [0.29, 0.717) is 29.0 Å². The van der Waals surface area contributed by atoms with E-state index in [4.69, 9.17) is 26.2 Å². The molecule has 1 aromatic carbocycles. The Hall–Kier alpha value is -0.970. The number of aliphatic hydroxyl groups excluding tert-OH is 1. The van der Waals surface area contributed by atoms with E-state index in [-0.39, 0.29) is 6.61 Å². The first-order chi connectivity index (χ1) is 10.2. The van der Waals surface area contributed by atoms with Crippen LogP contribution in [0.2, 0.25) is 5.02 Å². The molecule has 0 aliphatic heterocycles. The van der Waals surface area contributed by atoms with Crippen molar-refractivity contribution in [2.75, 3.05) is 27.4 Å². The lowest BCUT2D eigenvalue weighted by Gasteiger charge is -2.17. The molecule has 0 aromatic heterocycles. The Balaban J connectivity index is 2.63. The molecule has 0 aliphatic rings. The zero-order chi connectivity index (χ0) is 15.7. The van der Waals surface area contributed by atoms with Gasteiger partial charge < -0.3 is 19.9 Å². The quantitative estimate of drug-likeness (QED) is 0.696. The summed E-state index contributed by atoms with van der Waals surface area (Å²) in [6.07, 6.45) is 3.08. The Labute approximate surface area is 132 Å². The minimum atomic E-state index is 0.240. The van der Waals surface area contributed by atoms with E-state index >= 15 is 0 Å². The molecule has 1 unspecified atom stereocenters. The molecule has 0 fully saturated rings. The molecule has 1 rings (SSSR count). The summed E-state index contributed by atoms with van der Waals surface area (Å²) < 4.78 is 10.5. The van der Waals surface area contributed by atoms with Gasteiger partial charge in [0.2, 0.25) is 0 Å². The van der Waals surface area contributed by atoms with Crippen LogP contribution in [0.5, 0.6) is 11.5 Å². The fourth-order valence-electron chi connectivity index (χ4n) is 2.42. The molecule has 1 atom stereocenters. The Morgan fingerprint density at radius 2 is 2.00 bits per heavy atom. The normalized spacial score (nSPS) is 12.2. The summed E-state index contributed by atoms with van der Waals surface area (Å²) in [5, 5.41) is 13.1. The first-order valence-corrected chi connectivity index (χ1v) is 7.76. The average molecular weight is 316 g/mol. The predicted octanol–water partition coefficient (Wildman–Crippen LogP) is 3.25. The molecule has 4 nitrogen and oxygen atoms in total. The Kier molecular flexibility index (Phi) is 8.50. The van der Waals surface area contributed by atoms with E-state index in [9.17, 15) is 0 Å². The summed E-state index contributed by atoms with van der Waals surface area (Å²) in [5.41, 5.74) is 0.980. The van der Waals surface area contributed by atoms with Crippen LogP contribution < -0.4 is 14.8 Å². The van der Waals surface area contributed by atoms with Gasteiger partial charge >= 0.3 is 0 Å². The van der Waals surface area contributed by atoms with Gasteiger partial charge in [-0.05, 0) is 36.9 Å². The van der Waals surface area contributed by atoms with Crippen molar-refractivity contribution in [1.29, 1.82) is 0 Å². The van der Waals surface area contributed by atoms with Crippen LogP contribution in [0, 0.1) is 5.92 Å². The maximum absolute atomic E-state index is 9.07. The number of benzene rings is 1. The van der Waals surface area contributed by atoms with Gasteiger partial charge in [0.05, 0.1) is 19.2 Å². The fraction of sp³-hybridized carbons (Fsp3) is 0.625. The molecule has 0 saturated heterocycles. The van der Waals surface area contributed by atoms with Gasteiger partial charge in [-0.1, -0.05) is 31.0 Å². The number of hydrogen-bond donors (Lipinski definition) is 2. The summed E-state index contributed by atoms with van der Waals surface area (Å²) in [7, 11) is 3.18. The zero-order valence-corrected chi connectivity index (χ0v) is 13.9. The lowest BCUT2D eigenvalue weighted by atomic mass is 10.00. The molecule has 0 saturated carbocycles. The summed E-state index contributed by atoms with van der Waals surface area (Å²) in [6.45, 7) is 3.95. The standard InChI is InChI=1S/C16H26ClNO3/c1-4-5-12(8-9-19)10-18-11-13-6-7-14(20-2)16(21-3)15(13)17/h6-7,12,18-19H,4-5,8-11H2,1-3H3. The van der Waals surface area contributed by atoms with Gasteiger partial charge in [0.1, 0.15) is 0 Å². The Morgan fingerprint density at radius 3 is 2.57 bits per heavy atom. The predicted molar refractivity (Wildman–Crippen MR) is 86.4 cm³/mol. The van der Waals surface area contributed by atoms with Crippen LogP contribution in [0.3, 0.4) is 0 Å². The van der Waals surface area contributed by atoms with E-state index in [2.05, 4.69) is 12.2 Å². The highest BCUT2D eigenvalue weighted by Crippen LogP contribution is 2.37. The first kappa shape index (κ1) is 18.1. The molecule has 1 aromatic rings. The lowest BCUT2D eigenvalue weighted by Crippen LogP contribution is -2.23. The van der Waals surface area contributed by atoms with E-state index in [0.717, 1.165) is 31.4 Å². The summed E-state index contributed by atoms with van der Waals surface area (Å²) in [4.78, 5) is 0. The SMILES string of the molecule is CCCC(CCO)CNCc1ccc(OC)c(OC)c1Cl. The smallest absolute Gasteiger partial charge is 0.179 e. The number of ether oxygens (including phenoxy) is 2. The van der Waals surface area contributed by atoms with E-state index in [1.165, 1.54) is 0 Å². The van der Waals surface area contributed by atoms with Crippen LogP contribution in [0.25, 0.3) is 0 Å². The molecular formula is C16H26ClNO3. The van der Waals surface area contributed by atoms with Gasteiger partial charge in [-0.2, -0.15) is 0 Å². The van der Waals surface area contributed by atoms with Crippen LogP contribution in [0.15, 0.2) is 12.1 Å². The molecule has 0 radical (unpaired) electrons. The highest BCUT2D eigenvalue weighted by atomic mass is 35.5. The van der Waals surface area contributed by atoms with Crippen molar-refractivity contribution >= 4 is 11.6 Å². The third kappa shape index (κ3) is 5.38.